The second-order valence-electron chi connectivity index (χ2n) is 8.56. The van der Waals surface area contributed by atoms with Crippen molar-refractivity contribution in [3.05, 3.63) is 58.9 Å². The van der Waals surface area contributed by atoms with Crippen molar-refractivity contribution < 1.29 is 22.3 Å². The van der Waals surface area contributed by atoms with Gasteiger partial charge in [-0.25, -0.2) is 12.8 Å². The minimum absolute atomic E-state index is 0.0361. The number of carbonyl (C=O) groups excluding carboxylic acids is 1. The normalized spacial score (nSPS) is 20.9. The molecule has 0 saturated carbocycles. The molecule has 1 saturated heterocycles. The van der Waals surface area contributed by atoms with Crippen LogP contribution in [-0.2, 0) is 27.7 Å². The lowest BCUT2D eigenvalue weighted by atomic mass is 10.1. The monoisotopic (exact) mass is 461 g/mol. The fourth-order valence-corrected chi connectivity index (χ4v) is 5.39. The van der Waals surface area contributed by atoms with Crippen molar-refractivity contribution in [3.63, 3.8) is 0 Å². The first-order valence-electron chi connectivity index (χ1n) is 10.7. The number of benzene rings is 2. The van der Waals surface area contributed by atoms with Crippen LogP contribution in [0, 0.1) is 5.82 Å². The molecule has 2 aromatic rings. The molecule has 7 nitrogen and oxygen atoms in total. The Bertz CT molecular complexity index is 1130. The lowest BCUT2D eigenvalue weighted by molar-refractivity contribution is -0.00539. The molecule has 2 unspecified atom stereocenters. The zero-order chi connectivity index (χ0) is 23.0. The number of ether oxygens (including phenoxy) is 1. The summed E-state index contributed by atoms with van der Waals surface area (Å²) < 4.78 is 45.6. The van der Waals surface area contributed by atoms with Gasteiger partial charge in [-0.3, -0.25) is 9.10 Å². The van der Waals surface area contributed by atoms with Crippen LogP contribution in [0.1, 0.15) is 35.3 Å². The van der Waals surface area contributed by atoms with Crippen molar-refractivity contribution in [1.29, 1.82) is 0 Å². The highest BCUT2D eigenvalue weighted by Gasteiger charge is 2.27. The zero-order valence-electron chi connectivity index (χ0n) is 18.5. The Labute approximate surface area is 188 Å². The first-order chi connectivity index (χ1) is 15.1. The van der Waals surface area contributed by atoms with Gasteiger partial charge in [0.2, 0.25) is 10.0 Å². The summed E-state index contributed by atoms with van der Waals surface area (Å²) in [6, 6.07) is 10.0. The van der Waals surface area contributed by atoms with E-state index in [-0.39, 0.29) is 30.5 Å². The van der Waals surface area contributed by atoms with Crippen molar-refractivity contribution >= 4 is 27.3 Å². The molecule has 1 N–H and O–H groups in total. The van der Waals surface area contributed by atoms with Gasteiger partial charge in [0.25, 0.3) is 5.91 Å². The van der Waals surface area contributed by atoms with E-state index in [0.29, 0.717) is 48.6 Å². The highest BCUT2D eigenvalue weighted by molar-refractivity contribution is 7.92. The topological polar surface area (TPSA) is 79.0 Å². The van der Waals surface area contributed by atoms with Crippen LogP contribution < -0.4 is 14.5 Å². The number of hydrogen-bond acceptors (Lipinski definition) is 5. The molecule has 172 valence electrons. The van der Waals surface area contributed by atoms with Gasteiger partial charge in [0.1, 0.15) is 5.82 Å². The summed E-state index contributed by atoms with van der Waals surface area (Å²) in [6.07, 6.45) is 1.81. The molecule has 1 fully saturated rings. The van der Waals surface area contributed by atoms with Gasteiger partial charge >= 0.3 is 0 Å². The molecular weight excluding hydrogens is 433 g/mol. The standard InChI is InChI=1S/C23H28FN3O4S/c1-15-13-26(14-16(2)31-15)22-6-4-17(10-20(22)24)12-25-23(28)19-5-7-21-18(11-19)8-9-27(21)32(3,29)30/h4-7,10-11,15-16H,8-9,12-14H2,1-3H3,(H,25,28). The molecule has 0 aromatic heterocycles. The summed E-state index contributed by atoms with van der Waals surface area (Å²) in [5.41, 5.74) is 3.10. The first kappa shape index (κ1) is 22.5. The quantitative estimate of drug-likeness (QED) is 0.741. The number of rotatable bonds is 5. The molecule has 0 radical (unpaired) electrons. The van der Waals surface area contributed by atoms with E-state index >= 15 is 0 Å². The molecular formula is C23H28FN3O4S. The maximum absolute atomic E-state index is 14.8. The average molecular weight is 462 g/mol. The third-order valence-electron chi connectivity index (χ3n) is 5.82. The van der Waals surface area contributed by atoms with Gasteiger partial charge < -0.3 is 15.0 Å². The number of anilines is 2. The van der Waals surface area contributed by atoms with Crippen LogP contribution in [0.25, 0.3) is 0 Å². The van der Waals surface area contributed by atoms with Crippen LogP contribution in [0.2, 0.25) is 0 Å². The highest BCUT2D eigenvalue weighted by Crippen LogP contribution is 2.31. The Morgan fingerprint density at radius 3 is 2.47 bits per heavy atom. The maximum atomic E-state index is 14.8. The predicted molar refractivity (Wildman–Crippen MR) is 122 cm³/mol. The van der Waals surface area contributed by atoms with E-state index in [1.165, 1.54) is 16.6 Å². The second kappa shape index (κ2) is 8.71. The number of carbonyl (C=O) groups is 1. The van der Waals surface area contributed by atoms with Crippen molar-refractivity contribution in [2.24, 2.45) is 0 Å². The number of amides is 1. The third kappa shape index (κ3) is 4.73. The molecule has 9 heteroatoms. The molecule has 2 heterocycles. The van der Waals surface area contributed by atoms with Crippen LogP contribution in [0.5, 0.6) is 0 Å². The molecule has 1 amide bonds. The van der Waals surface area contributed by atoms with E-state index in [4.69, 9.17) is 4.74 Å². The van der Waals surface area contributed by atoms with Crippen LogP contribution in [-0.4, -0.2) is 52.4 Å². The number of fused-ring (bicyclic) bond motifs is 1. The Kier molecular flexibility index (Phi) is 6.13. The lowest BCUT2D eigenvalue weighted by Gasteiger charge is -2.37. The number of nitrogens with zero attached hydrogens (tertiary/aromatic N) is 2. The number of hydrogen-bond donors (Lipinski definition) is 1. The second-order valence-corrected chi connectivity index (χ2v) is 10.5. The van der Waals surface area contributed by atoms with Crippen LogP contribution >= 0.6 is 0 Å². The predicted octanol–water partition coefficient (Wildman–Crippen LogP) is 2.69. The fraction of sp³-hybridized carbons (Fsp3) is 0.435. The lowest BCUT2D eigenvalue weighted by Crippen LogP contribution is -2.45. The van der Waals surface area contributed by atoms with Crippen LogP contribution in [0.4, 0.5) is 15.8 Å². The van der Waals surface area contributed by atoms with E-state index < -0.39 is 10.0 Å². The molecule has 2 atom stereocenters. The van der Waals surface area contributed by atoms with Gasteiger partial charge in [-0.1, -0.05) is 6.07 Å². The summed E-state index contributed by atoms with van der Waals surface area (Å²) in [5, 5.41) is 2.82. The van der Waals surface area contributed by atoms with E-state index in [0.717, 1.165) is 5.56 Å². The van der Waals surface area contributed by atoms with Gasteiger partial charge in [0.15, 0.2) is 0 Å². The first-order valence-corrected chi connectivity index (χ1v) is 12.5. The number of nitrogens with one attached hydrogen (secondary N) is 1. The van der Waals surface area contributed by atoms with Gasteiger partial charge in [-0.2, -0.15) is 0 Å². The number of halogens is 1. The zero-order valence-corrected chi connectivity index (χ0v) is 19.3. The van der Waals surface area contributed by atoms with Gasteiger partial charge in [0.05, 0.1) is 29.8 Å². The average Bonchev–Trinajstić information content (AvgIpc) is 3.15. The van der Waals surface area contributed by atoms with E-state index in [1.54, 1.807) is 24.3 Å². The number of sulfonamides is 1. The van der Waals surface area contributed by atoms with Crippen molar-refractivity contribution in [2.75, 3.05) is 35.1 Å². The largest absolute Gasteiger partial charge is 0.372 e. The van der Waals surface area contributed by atoms with Gasteiger partial charge in [-0.15, -0.1) is 0 Å². The summed E-state index contributed by atoms with van der Waals surface area (Å²) in [5.74, 6) is -0.609. The molecule has 2 aromatic carbocycles. The van der Waals surface area contributed by atoms with Crippen molar-refractivity contribution in [3.8, 4) is 0 Å². The van der Waals surface area contributed by atoms with E-state index in [2.05, 4.69) is 5.32 Å². The van der Waals surface area contributed by atoms with Crippen LogP contribution in [0.3, 0.4) is 0 Å². The van der Waals surface area contributed by atoms with Gasteiger partial charge in [0, 0.05) is 31.7 Å². The van der Waals surface area contributed by atoms with E-state index in [1.807, 2.05) is 24.8 Å². The van der Waals surface area contributed by atoms with Crippen molar-refractivity contribution in [1.82, 2.24) is 5.32 Å². The Balaban J connectivity index is 1.41. The summed E-state index contributed by atoms with van der Waals surface area (Å²) in [4.78, 5) is 14.6. The molecule has 32 heavy (non-hydrogen) atoms. The minimum Gasteiger partial charge on any atom is -0.372 e. The third-order valence-corrected chi connectivity index (χ3v) is 7.00. The number of morpholine rings is 1. The van der Waals surface area contributed by atoms with Gasteiger partial charge in [-0.05, 0) is 61.7 Å². The maximum Gasteiger partial charge on any atom is 0.251 e. The molecule has 0 spiro atoms. The van der Waals surface area contributed by atoms with Crippen LogP contribution in [0.15, 0.2) is 36.4 Å². The fourth-order valence-electron chi connectivity index (χ4n) is 4.43. The Morgan fingerprint density at radius 2 is 1.81 bits per heavy atom. The molecule has 2 aliphatic heterocycles. The SMILES string of the molecule is CC1CN(c2ccc(CNC(=O)c3ccc4c(c3)CCN4S(C)(=O)=O)cc2F)CC(C)O1. The smallest absolute Gasteiger partial charge is 0.251 e. The molecule has 0 aliphatic carbocycles. The van der Waals surface area contributed by atoms with Crippen molar-refractivity contribution in [2.45, 2.75) is 39.0 Å². The Morgan fingerprint density at radius 1 is 1.12 bits per heavy atom. The van der Waals surface area contributed by atoms with E-state index in [9.17, 15) is 17.6 Å². The minimum atomic E-state index is -3.33. The highest BCUT2D eigenvalue weighted by atomic mass is 32.2. The molecule has 0 bridgehead atoms. The summed E-state index contributed by atoms with van der Waals surface area (Å²) in [7, 11) is -3.33. The molecule has 4 rings (SSSR count). The summed E-state index contributed by atoms with van der Waals surface area (Å²) in [6.45, 7) is 5.78. The Hall–Kier alpha value is -2.65. The molecule has 2 aliphatic rings. The summed E-state index contributed by atoms with van der Waals surface area (Å²) >= 11 is 0.